The molecule has 84 valence electrons. The van der Waals surface area contributed by atoms with E-state index in [0.29, 0.717) is 6.04 Å². The normalized spacial score (nSPS) is 19.2. The van der Waals surface area contributed by atoms with E-state index in [1.165, 1.54) is 4.88 Å². The topological polar surface area (TPSA) is 42.7 Å². The lowest BCUT2D eigenvalue weighted by atomic mass is 10.1. The summed E-state index contributed by atoms with van der Waals surface area (Å²) in [5, 5.41) is 9.98. The van der Waals surface area contributed by atoms with Crippen molar-refractivity contribution in [1.82, 2.24) is 14.8 Å². The molecule has 2 aromatic rings. The molecule has 0 amide bonds. The van der Waals surface area contributed by atoms with E-state index >= 15 is 0 Å². The highest BCUT2D eigenvalue weighted by atomic mass is 32.1. The Morgan fingerprint density at radius 2 is 2.56 bits per heavy atom. The van der Waals surface area contributed by atoms with Gasteiger partial charge in [0.1, 0.15) is 0 Å². The van der Waals surface area contributed by atoms with Crippen LogP contribution in [0.25, 0.3) is 0 Å². The monoisotopic (exact) mass is 234 g/mol. The van der Waals surface area contributed by atoms with Crippen molar-refractivity contribution in [3.8, 4) is 0 Å². The molecule has 1 aliphatic rings. The van der Waals surface area contributed by atoms with Crippen molar-refractivity contribution < 1.29 is 0 Å². The van der Waals surface area contributed by atoms with Gasteiger partial charge >= 0.3 is 0 Å². The Hall–Kier alpha value is -1.36. The maximum atomic E-state index is 4.56. The third kappa shape index (κ3) is 1.51. The summed E-state index contributed by atoms with van der Waals surface area (Å²) in [4.78, 5) is 5.85. The number of nitrogens with zero attached hydrogens (tertiary/aromatic N) is 3. The fraction of sp³-hybridized carbons (Fsp3) is 0.455. The van der Waals surface area contributed by atoms with Gasteiger partial charge in [0.15, 0.2) is 5.82 Å². The first-order chi connectivity index (χ1) is 7.88. The van der Waals surface area contributed by atoms with Crippen LogP contribution in [0.5, 0.6) is 0 Å². The molecule has 1 aliphatic heterocycles. The lowest BCUT2D eigenvalue weighted by Gasteiger charge is -2.23. The number of hydrogen-bond acceptors (Lipinski definition) is 4. The molecule has 2 aromatic heterocycles. The average molecular weight is 234 g/mol. The molecule has 4 nitrogen and oxygen atoms in total. The smallest absolute Gasteiger partial charge is 0.222 e. The van der Waals surface area contributed by atoms with Crippen LogP contribution < -0.4 is 5.32 Å². The molecule has 3 rings (SSSR count). The molecular weight excluding hydrogens is 220 g/mol. The van der Waals surface area contributed by atoms with Crippen molar-refractivity contribution in [2.45, 2.75) is 25.8 Å². The molecule has 5 heteroatoms. The molecular formula is C11H14N4S. The van der Waals surface area contributed by atoms with E-state index < -0.39 is 0 Å². The van der Waals surface area contributed by atoms with Crippen molar-refractivity contribution in [2.75, 3.05) is 11.9 Å². The van der Waals surface area contributed by atoms with Crippen LogP contribution in [0.15, 0.2) is 17.5 Å². The van der Waals surface area contributed by atoms with E-state index in [9.17, 15) is 0 Å². The van der Waals surface area contributed by atoms with E-state index in [1.54, 1.807) is 11.3 Å². The van der Waals surface area contributed by atoms with Crippen LogP contribution in [-0.4, -0.2) is 21.3 Å². The number of hydrogen-bond donors (Lipinski definition) is 1. The zero-order valence-electron chi connectivity index (χ0n) is 9.18. The van der Waals surface area contributed by atoms with Gasteiger partial charge in [0.05, 0.1) is 6.04 Å². The van der Waals surface area contributed by atoms with Crippen molar-refractivity contribution >= 4 is 17.3 Å². The molecule has 1 unspecified atom stereocenters. The fourth-order valence-corrected chi connectivity index (χ4v) is 2.89. The SMILES string of the molecule is CCc1nc2n(n1)C(c1cccs1)CCN2. The van der Waals surface area contributed by atoms with Gasteiger partial charge in [-0.3, -0.25) is 0 Å². The molecule has 16 heavy (non-hydrogen) atoms. The Kier molecular flexibility index (Phi) is 2.40. The van der Waals surface area contributed by atoms with Crippen LogP contribution in [0.1, 0.15) is 30.1 Å². The lowest BCUT2D eigenvalue weighted by molar-refractivity contribution is 0.484. The number of nitrogens with one attached hydrogen (secondary N) is 1. The Morgan fingerprint density at radius 3 is 3.31 bits per heavy atom. The van der Waals surface area contributed by atoms with Crippen molar-refractivity contribution in [3.05, 3.63) is 28.2 Å². The molecule has 0 aromatic carbocycles. The van der Waals surface area contributed by atoms with Gasteiger partial charge in [0.2, 0.25) is 5.95 Å². The van der Waals surface area contributed by atoms with Gasteiger partial charge in [-0.25, -0.2) is 4.68 Å². The second-order valence-corrected chi connectivity index (χ2v) is 4.88. The van der Waals surface area contributed by atoms with E-state index in [-0.39, 0.29) is 0 Å². The summed E-state index contributed by atoms with van der Waals surface area (Å²) in [5.41, 5.74) is 0. The maximum absolute atomic E-state index is 4.56. The van der Waals surface area contributed by atoms with Gasteiger partial charge in [0, 0.05) is 17.8 Å². The summed E-state index contributed by atoms with van der Waals surface area (Å²) in [6, 6.07) is 4.64. The zero-order chi connectivity index (χ0) is 11.0. The number of anilines is 1. The van der Waals surface area contributed by atoms with Gasteiger partial charge in [-0.05, 0) is 17.9 Å². The molecule has 0 spiro atoms. The van der Waals surface area contributed by atoms with Gasteiger partial charge in [-0.1, -0.05) is 13.0 Å². The highest BCUT2D eigenvalue weighted by Gasteiger charge is 2.24. The molecule has 0 radical (unpaired) electrons. The maximum Gasteiger partial charge on any atom is 0.222 e. The van der Waals surface area contributed by atoms with Crippen LogP contribution in [0.4, 0.5) is 5.95 Å². The Balaban J connectivity index is 2.02. The van der Waals surface area contributed by atoms with Crippen molar-refractivity contribution in [1.29, 1.82) is 0 Å². The number of aryl methyl sites for hydroxylation is 1. The fourth-order valence-electron chi connectivity index (χ4n) is 2.04. The van der Waals surface area contributed by atoms with Crippen molar-refractivity contribution in [3.63, 3.8) is 0 Å². The number of aromatic nitrogens is 3. The molecule has 0 saturated carbocycles. The molecule has 0 fully saturated rings. The lowest BCUT2D eigenvalue weighted by Crippen LogP contribution is -2.24. The van der Waals surface area contributed by atoms with E-state index in [4.69, 9.17) is 0 Å². The third-order valence-corrected chi connectivity index (χ3v) is 3.83. The van der Waals surface area contributed by atoms with Gasteiger partial charge in [-0.15, -0.1) is 11.3 Å². The first kappa shape index (κ1) is 9.84. The third-order valence-electron chi connectivity index (χ3n) is 2.86. The van der Waals surface area contributed by atoms with E-state index in [2.05, 4.69) is 39.8 Å². The first-order valence-corrected chi connectivity index (χ1v) is 6.49. The van der Waals surface area contributed by atoms with Crippen LogP contribution >= 0.6 is 11.3 Å². The number of fused-ring (bicyclic) bond motifs is 1. The molecule has 1 atom stereocenters. The van der Waals surface area contributed by atoms with Gasteiger partial charge in [-0.2, -0.15) is 10.1 Å². The quantitative estimate of drug-likeness (QED) is 0.867. The van der Waals surface area contributed by atoms with Gasteiger partial charge < -0.3 is 5.32 Å². The molecule has 3 heterocycles. The minimum atomic E-state index is 0.365. The minimum absolute atomic E-state index is 0.365. The van der Waals surface area contributed by atoms with E-state index in [1.807, 2.05) is 4.68 Å². The van der Waals surface area contributed by atoms with Crippen LogP contribution in [-0.2, 0) is 6.42 Å². The van der Waals surface area contributed by atoms with Gasteiger partial charge in [0.25, 0.3) is 0 Å². The van der Waals surface area contributed by atoms with Crippen LogP contribution in [0.3, 0.4) is 0 Å². The summed E-state index contributed by atoms with van der Waals surface area (Å²) in [6.07, 6.45) is 1.97. The molecule has 1 N–H and O–H groups in total. The Bertz CT molecular complexity index is 474. The largest absolute Gasteiger partial charge is 0.354 e. The molecule has 0 bridgehead atoms. The summed E-state index contributed by atoms with van der Waals surface area (Å²) in [6.45, 7) is 3.06. The highest BCUT2D eigenvalue weighted by Crippen LogP contribution is 2.30. The number of rotatable bonds is 2. The zero-order valence-corrected chi connectivity index (χ0v) is 10.00. The van der Waals surface area contributed by atoms with Crippen LogP contribution in [0, 0.1) is 0 Å². The minimum Gasteiger partial charge on any atom is -0.354 e. The summed E-state index contributed by atoms with van der Waals surface area (Å²) in [7, 11) is 0. The predicted molar refractivity (Wildman–Crippen MR) is 65.0 cm³/mol. The standard InChI is InChI=1S/C11H14N4S/c1-2-10-13-11-12-6-5-8(15(11)14-10)9-4-3-7-16-9/h3-4,7-8H,2,5-6H2,1H3,(H,12,13,14). The average Bonchev–Trinajstić information content (AvgIpc) is 2.97. The van der Waals surface area contributed by atoms with Crippen molar-refractivity contribution in [2.24, 2.45) is 0 Å². The summed E-state index contributed by atoms with van der Waals surface area (Å²) < 4.78 is 2.04. The molecule has 0 saturated heterocycles. The summed E-state index contributed by atoms with van der Waals surface area (Å²) in [5.74, 6) is 1.84. The predicted octanol–water partition coefficient (Wildman–Crippen LogP) is 2.31. The van der Waals surface area contributed by atoms with E-state index in [0.717, 1.165) is 31.2 Å². The van der Waals surface area contributed by atoms with Crippen LogP contribution in [0.2, 0.25) is 0 Å². The Morgan fingerprint density at radius 1 is 1.62 bits per heavy atom. The first-order valence-electron chi connectivity index (χ1n) is 5.61. The Labute approximate surface area is 98.3 Å². The highest BCUT2D eigenvalue weighted by molar-refractivity contribution is 7.10. The second kappa shape index (κ2) is 3.90. The second-order valence-electron chi connectivity index (χ2n) is 3.90. The molecule has 0 aliphatic carbocycles. The number of thiophene rings is 1. The summed E-state index contributed by atoms with van der Waals surface area (Å²) >= 11 is 1.79.